The van der Waals surface area contributed by atoms with Crippen LogP contribution in [0.2, 0.25) is 0 Å². The molecule has 82 valence electrons. The lowest BCUT2D eigenvalue weighted by molar-refractivity contribution is -0.123. The summed E-state index contributed by atoms with van der Waals surface area (Å²) in [4.78, 5) is 23.3. The van der Waals surface area contributed by atoms with E-state index < -0.39 is 0 Å². The number of allylic oxidation sites excluding steroid dienone is 4. The predicted octanol–water partition coefficient (Wildman–Crippen LogP) is 2.98. The monoisotopic (exact) mass is 206 g/mol. The molecule has 0 amide bonds. The minimum absolute atomic E-state index is 0.0179. The first-order valence-electron chi connectivity index (χ1n) is 5.37. The van der Waals surface area contributed by atoms with Crippen molar-refractivity contribution in [3.63, 3.8) is 0 Å². The van der Waals surface area contributed by atoms with E-state index in [2.05, 4.69) is 0 Å². The van der Waals surface area contributed by atoms with Crippen molar-refractivity contribution in [1.82, 2.24) is 0 Å². The Bertz CT molecular complexity index is 348. The maximum absolute atomic E-state index is 11.7. The highest BCUT2D eigenvalue weighted by atomic mass is 16.1. The van der Waals surface area contributed by atoms with Gasteiger partial charge < -0.3 is 0 Å². The van der Waals surface area contributed by atoms with Crippen molar-refractivity contribution in [2.75, 3.05) is 0 Å². The van der Waals surface area contributed by atoms with Gasteiger partial charge in [0.05, 0.1) is 5.57 Å². The number of ketones is 2. The molecule has 1 rings (SSSR count). The zero-order valence-electron chi connectivity index (χ0n) is 9.94. The predicted molar refractivity (Wildman–Crippen MR) is 60.6 cm³/mol. The van der Waals surface area contributed by atoms with Crippen LogP contribution in [0.5, 0.6) is 0 Å². The van der Waals surface area contributed by atoms with Crippen molar-refractivity contribution in [3.8, 4) is 0 Å². The molecule has 0 N–H and O–H groups in total. The van der Waals surface area contributed by atoms with Gasteiger partial charge in [0.1, 0.15) is 0 Å². The van der Waals surface area contributed by atoms with E-state index in [1.54, 1.807) is 0 Å². The maximum Gasteiger partial charge on any atom is 0.166 e. The summed E-state index contributed by atoms with van der Waals surface area (Å²) in [7, 11) is 0. The summed E-state index contributed by atoms with van der Waals surface area (Å²) in [5, 5.41) is 0. The summed E-state index contributed by atoms with van der Waals surface area (Å²) in [6.45, 7) is 7.83. The van der Waals surface area contributed by atoms with Gasteiger partial charge in [-0.05, 0) is 45.3 Å². The summed E-state index contributed by atoms with van der Waals surface area (Å²) in [5.74, 6) is 0.0358. The molecule has 0 aromatic rings. The van der Waals surface area contributed by atoms with Gasteiger partial charge >= 0.3 is 0 Å². The second-order valence-electron chi connectivity index (χ2n) is 4.32. The van der Waals surface area contributed by atoms with Gasteiger partial charge in [0.2, 0.25) is 0 Å². The van der Waals surface area contributed by atoms with Crippen LogP contribution in [-0.2, 0) is 9.59 Å². The largest absolute Gasteiger partial charge is 0.294 e. The number of Topliss-reactive ketones (excluding diaryl/α,β-unsaturated/α-hetero) is 2. The van der Waals surface area contributed by atoms with E-state index in [1.807, 2.05) is 27.7 Å². The molecule has 2 nitrogen and oxygen atoms in total. The van der Waals surface area contributed by atoms with Crippen molar-refractivity contribution in [1.29, 1.82) is 0 Å². The summed E-state index contributed by atoms with van der Waals surface area (Å²) in [5.41, 5.74) is 3.53. The summed E-state index contributed by atoms with van der Waals surface area (Å²) < 4.78 is 0. The molecule has 0 radical (unpaired) electrons. The third-order valence-electron chi connectivity index (χ3n) is 3.05. The molecule has 1 fully saturated rings. The van der Waals surface area contributed by atoms with E-state index >= 15 is 0 Å². The highest BCUT2D eigenvalue weighted by Crippen LogP contribution is 2.24. The topological polar surface area (TPSA) is 34.1 Å². The summed E-state index contributed by atoms with van der Waals surface area (Å²) in [6.07, 6.45) is 1.76. The molecule has 0 atom stereocenters. The Kier molecular flexibility index (Phi) is 3.61. The molecule has 1 aliphatic carbocycles. The molecule has 0 unspecified atom stereocenters. The lowest BCUT2D eigenvalue weighted by atomic mass is 9.86. The van der Waals surface area contributed by atoms with E-state index in [0.717, 1.165) is 16.7 Å². The fourth-order valence-electron chi connectivity index (χ4n) is 1.80. The number of carbonyl (C=O) groups excluding carboxylic acids is 2. The van der Waals surface area contributed by atoms with Crippen LogP contribution >= 0.6 is 0 Å². The average molecular weight is 206 g/mol. The molecule has 2 heteroatoms. The normalized spacial score (nSPS) is 16.7. The van der Waals surface area contributed by atoms with Crippen molar-refractivity contribution in [2.45, 2.75) is 47.0 Å². The number of hydrogen-bond acceptors (Lipinski definition) is 2. The molecule has 0 saturated heterocycles. The third-order valence-corrected chi connectivity index (χ3v) is 3.05. The fraction of sp³-hybridized carbons (Fsp3) is 0.538. The standard InChI is InChI=1S/C13H18O2/c1-8(2)9(3)10(4)13-11(14)6-5-7-12(13)15/h5-7H2,1-4H3. The van der Waals surface area contributed by atoms with Crippen LogP contribution in [0, 0.1) is 0 Å². The molecule has 1 aliphatic rings. The molecule has 15 heavy (non-hydrogen) atoms. The minimum Gasteiger partial charge on any atom is -0.294 e. The van der Waals surface area contributed by atoms with Gasteiger partial charge in [0.15, 0.2) is 11.6 Å². The second-order valence-corrected chi connectivity index (χ2v) is 4.32. The lowest BCUT2D eigenvalue weighted by Crippen LogP contribution is -2.20. The molecule has 0 spiro atoms. The Labute approximate surface area is 91.1 Å². The molecule has 0 aliphatic heterocycles. The van der Waals surface area contributed by atoms with E-state index in [9.17, 15) is 9.59 Å². The molecular weight excluding hydrogens is 188 g/mol. The third kappa shape index (κ3) is 2.44. The van der Waals surface area contributed by atoms with Crippen LogP contribution in [0.1, 0.15) is 47.0 Å². The smallest absolute Gasteiger partial charge is 0.166 e. The molecule has 0 heterocycles. The first kappa shape index (κ1) is 11.9. The Morgan fingerprint density at radius 2 is 1.40 bits per heavy atom. The van der Waals surface area contributed by atoms with Gasteiger partial charge in [0, 0.05) is 12.8 Å². The van der Waals surface area contributed by atoms with Crippen LogP contribution < -0.4 is 0 Å². The number of rotatable bonds is 1. The van der Waals surface area contributed by atoms with Crippen LogP contribution in [0.15, 0.2) is 22.3 Å². The van der Waals surface area contributed by atoms with E-state index in [-0.39, 0.29) is 11.6 Å². The molecule has 0 bridgehead atoms. The molecule has 0 aromatic carbocycles. The van der Waals surface area contributed by atoms with Gasteiger partial charge in [-0.2, -0.15) is 0 Å². The van der Waals surface area contributed by atoms with E-state index in [0.29, 0.717) is 24.8 Å². The van der Waals surface area contributed by atoms with Gasteiger partial charge in [-0.25, -0.2) is 0 Å². The highest BCUT2D eigenvalue weighted by molar-refractivity contribution is 6.22. The Hall–Kier alpha value is -1.18. The van der Waals surface area contributed by atoms with Crippen molar-refractivity contribution >= 4 is 11.6 Å². The Morgan fingerprint density at radius 3 is 1.80 bits per heavy atom. The zero-order valence-corrected chi connectivity index (χ0v) is 9.94. The van der Waals surface area contributed by atoms with Gasteiger partial charge in [-0.3, -0.25) is 9.59 Å². The van der Waals surface area contributed by atoms with E-state index in [4.69, 9.17) is 0 Å². The number of carbonyl (C=O) groups is 2. The lowest BCUT2D eigenvalue weighted by Gasteiger charge is -2.16. The van der Waals surface area contributed by atoms with E-state index in [1.165, 1.54) is 0 Å². The second kappa shape index (κ2) is 4.56. The van der Waals surface area contributed by atoms with Gasteiger partial charge in [0.25, 0.3) is 0 Å². The molecular formula is C13H18O2. The van der Waals surface area contributed by atoms with Crippen molar-refractivity contribution < 1.29 is 9.59 Å². The first-order valence-corrected chi connectivity index (χ1v) is 5.37. The van der Waals surface area contributed by atoms with Crippen LogP contribution in [0.4, 0.5) is 0 Å². The zero-order chi connectivity index (χ0) is 11.6. The fourth-order valence-corrected chi connectivity index (χ4v) is 1.80. The van der Waals surface area contributed by atoms with Crippen LogP contribution in [0.3, 0.4) is 0 Å². The summed E-state index contributed by atoms with van der Waals surface area (Å²) >= 11 is 0. The Balaban J connectivity index is 3.22. The van der Waals surface area contributed by atoms with Crippen LogP contribution in [0.25, 0.3) is 0 Å². The SMILES string of the molecule is CC(C)=C(C)C(C)=C1C(=O)CCCC1=O. The van der Waals surface area contributed by atoms with Gasteiger partial charge in [-0.15, -0.1) is 0 Å². The summed E-state index contributed by atoms with van der Waals surface area (Å²) in [6, 6.07) is 0. The molecule has 1 saturated carbocycles. The highest BCUT2D eigenvalue weighted by Gasteiger charge is 2.25. The quantitative estimate of drug-likeness (QED) is 0.488. The number of hydrogen-bond donors (Lipinski definition) is 0. The van der Waals surface area contributed by atoms with Crippen molar-refractivity contribution in [3.05, 3.63) is 22.3 Å². The van der Waals surface area contributed by atoms with Crippen molar-refractivity contribution in [2.24, 2.45) is 0 Å². The maximum atomic E-state index is 11.7. The Morgan fingerprint density at radius 1 is 0.933 bits per heavy atom. The minimum atomic E-state index is 0.0179. The van der Waals surface area contributed by atoms with Crippen LogP contribution in [-0.4, -0.2) is 11.6 Å². The average Bonchev–Trinajstić information content (AvgIpc) is 2.15. The van der Waals surface area contributed by atoms with Gasteiger partial charge in [-0.1, -0.05) is 5.57 Å². The molecule has 0 aromatic heterocycles. The first-order chi connectivity index (χ1) is 6.95.